The van der Waals surface area contributed by atoms with Gasteiger partial charge in [0.05, 0.1) is 23.3 Å². The molecule has 0 fully saturated rings. The Bertz CT molecular complexity index is 641. The lowest BCUT2D eigenvalue weighted by Crippen LogP contribution is -2.24. The van der Waals surface area contributed by atoms with Crippen LogP contribution >= 0.6 is 27.3 Å². The van der Waals surface area contributed by atoms with E-state index in [9.17, 15) is 0 Å². The molecule has 0 saturated carbocycles. The number of nitrogens with zero attached hydrogens (tertiary/aromatic N) is 1. The van der Waals surface area contributed by atoms with Gasteiger partial charge in [-0.05, 0) is 59.9 Å². The highest BCUT2D eigenvalue weighted by atomic mass is 79.9. The molecule has 21 heavy (non-hydrogen) atoms. The van der Waals surface area contributed by atoms with Crippen molar-refractivity contribution in [2.45, 2.75) is 32.2 Å². The number of methoxy groups -OCH3 is 1. The Kier molecular flexibility index (Phi) is 4.62. The summed E-state index contributed by atoms with van der Waals surface area (Å²) in [6.45, 7) is 3.15. The highest BCUT2D eigenvalue weighted by molar-refractivity contribution is 9.10. The molecule has 5 heteroatoms. The summed E-state index contributed by atoms with van der Waals surface area (Å²) in [4.78, 5) is 6.35. The summed E-state index contributed by atoms with van der Waals surface area (Å²) < 4.78 is 6.26. The van der Waals surface area contributed by atoms with Crippen LogP contribution in [0.25, 0.3) is 10.6 Å². The molecule has 3 rings (SSSR count). The Hall–Kier alpha value is -0.910. The lowest BCUT2D eigenvalue weighted by Gasteiger charge is -2.21. The summed E-state index contributed by atoms with van der Waals surface area (Å²) in [5.41, 5.74) is 2.41. The van der Waals surface area contributed by atoms with Gasteiger partial charge in [0, 0.05) is 10.4 Å². The van der Waals surface area contributed by atoms with E-state index in [4.69, 9.17) is 9.72 Å². The van der Waals surface area contributed by atoms with Crippen LogP contribution in [0, 0.1) is 0 Å². The van der Waals surface area contributed by atoms with Gasteiger partial charge in [-0.1, -0.05) is 6.92 Å². The highest BCUT2D eigenvalue weighted by Gasteiger charge is 2.24. The first-order chi connectivity index (χ1) is 10.2. The van der Waals surface area contributed by atoms with E-state index in [0.717, 1.165) is 33.8 Å². The van der Waals surface area contributed by atoms with Crippen molar-refractivity contribution in [2.75, 3.05) is 13.7 Å². The van der Waals surface area contributed by atoms with E-state index < -0.39 is 0 Å². The summed E-state index contributed by atoms with van der Waals surface area (Å²) in [6, 6.07) is 6.58. The van der Waals surface area contributed by atoms with Crippen LogP contribution in [0.2, 0.25) is 0 Å². The van der Waals surface area contributed by atoms with Gasteiger partial charge in [-0.2, -0.15) is 0 Å². The monoisotopic (exact) mass is 366 g/mol. The average molecular weight is 367 g/mol. The molecule has 112 valence electrons. The van der Waals surface area contributed by atoms with Crippen molar-refractivity contribution in [2.24, 2.45) is 0 Å². The maximum absolute atomic E-state index is 5.29. The van der Waals surface area contributed by atoms with Gasteiger partial charge in [0.15, 0.2) is 0 Å². The first-order valence-electron chi connectivity index (χ1n) is 7.29. The zero-order valence-electron chi connectivity index (χ0n) is 12.3. The molecule has 1 atom stereocenters. The fourth-order valence-corrected chi connectivity index (χ4v) is 4.49. The Labute approximate surface area is 137 Å². The zero-order valence-corrected chi connectivity index (χ0v) is 14.7. The number of hydrogen-bond donors (Lipinski definition) is 1. The van der Waals surface area contributed by atoms with Crippen LogP contribution in [0.15, 0.2) is 22.7 Å². The third-order valence-electron chi connectivity index (χ3n) is 3.80. The van der Waals surface area contributed by atoms with Crippen molar-refractivity contribution in [3.63, 3.8) is 0 Å². The Morgan fingerprint density at radius 1 is 1.48 bits per heavy atom. The largest absolute Gasteiger partial charge is 0.496 e. The molecule has 1 aliphatic carbocycles. The minimum Gasteiger partial charge on any atom is -0.496 e. The van der Waals surface area contributed by atoms with Crippen molar-refractivity contribution < 1.29 is 4.74 Å². The molecule has 2 aromatic rings. The molecule has 1 aromatic heterocycles. The second kappa shape index (κ2) is 6.46. The molecule has 1 aliphatic rings. The quantitative estimate of drug-likeness (QED) is 0.860. The number of aromatic nitrogens is 1. The van der Waals surface area contributed by atoms with Gasteiger partial charge in [0.2, 0.25) is 0 Å². The van der Waals surface area contributed by atoms with Gasteiger partial charge in [-0.3, -0.25) is 0 Å². The lowest BCUT2D eigenvalue weighted by molar-refractivity contribution is 0.412. The molecular formula is C16H19BrN2OS. The van der Waals surface area contributed by atoms with E-state index in [1.54, 1.807) is 7.11 Å². The number of nitrogens with one attached hydrogen (secondary N) is 1. The van der Waals surface area contributed by atoms with Gasteiger partial charge in [-0.25, -0.2) is 4.98 Å². The van der Waals surface area contributed by atoms with Crippen LogP contribution in [-0.4, -0.2) is 18.6 Å². The SMILES string of the molecule is CCNC1CCCc2sc(-c3ccc(OC)c(Br)c3)nc21. The van der Waals surface area contributed by atoms with Crippen LogP contribution in [0.3, 0.4) is 0 Å². The number of benzene rings is 1. The number of hydrogen-bond acceptors (Lipinski definition) is 4. The first-order valence-corrected chi connectivity index (χ1v) is 8.90. The normalized spacial score (nSPS) is 17.6. The molecule has 0 bridgehead atoms. The second-order valence-corrected chi connectivity index (χ2v) is 7.12. The minimum atomic E-state index is 0.422. The van der Waals surface area contributed by atoms with Crippen LogP contribution < -0.4 is 10.1 Å². The van der Waals surface area contributed by atoms with Crippen molar-refractivity contribution >= 4 is 27.3 Å². The van der Waals surface area contributed by atoms with Crippen LogP contribution in [0.5, 0.6) is 5.75 Å². The number of halogens is 1. The fourth-order valence-electron chi connectivity index (χ4n) is 2.79. The Morgan fingerprint density at radius 3 is 3.05 bits per heavy atom. The summed E-state index contributed by atoms with van der Waals surface area (Å²) in [5.74, 6) is 0.852. The molecule has 1 heterocycles. The summed E-state index contributed by atoms with van der Waals surface area (Å²) in [7, 11) is 1.68. The Balaban J connectivity index is 1.95. The van der Waals surface area contributed by atoms with Crippen molar-refractivity contribution in [1.29, 1.82) is 0 Å². The summed E-state index contributed by atoms with van der Waals surface area (Å²) in [6.07, 6.45) is 3.60. The van der Waals surface area contributed by atoms with Gasteiger partial charge in [0.25, 0.3) is 0 Å². The van der Waals surface area contributed by atoms with Crippen LogP contribution in [0.4, 0.5) is 0 Å². The van der Waals surface area contributed by atoms with Gasteiger partial charge < -0.3 is 10.1 Å². The molecule has 1 unspecified atom stereocenters. The van der Waals surface area contributed by atoms with E-state index in [2.05, 4.69) is 40.3 Å². The van der Waals surface area contributed by atoms with E-state index in [-0.39, 0.29) is 0 Å². The molecule has 0 amide bonds. The molecule has 0 spiro atoms. The van der Waals surface area contributed by atoms with Crippen molar-refractivity contribution in [3.05, 3.63) is 33.2 Å². The minimum absolute atomic E-state index is 0.422. The smallest absolute Gasteiger partial charge is 0.133 e. The van der Waals surface area contributed by atoms with E-state index in [0.29, 0.717) is 6.04 Å². The fraction of sp³-hybridized carbons (Fsp3) is 0.438. The lowest BCUT2D eigenvalue weighted by atomic mass is 9.98. The van der Waals surface area contributed by atoms with Gasteiger partial charge >= 0.3 is 0 Å². The predicted octanol–water partition coefficient (Wildman–Crippen LogP) is 4.57. The first kappa shape index (κ1) is 15.0. The molecule has 1 aromatic carbocycles. The number of fused-ring (bicyclic) bond motifs is 1. The highest BCUT2D eigenvalue weighted by Crippen LogP contribution is 2.38. The molecule has 0 radical (unpaired) electrons. The number of rotatable bonds is 4. The average Bonchev–Trinajstić information content (AvgIpc) is 2.92. The number of thiazole rings is 1. The maximum atomic E-state index is 5.29. The predicted molar refractivity (Wildman–Crippen MR) is 91.2 cm³/mol. The van der Waals surface area contributed by atoms with E-state index >= 15 is 0 Å². The van der Waals surface area contributed by atoms with Crippen LogP contribution in [0.1, 0.15) is 36.4 Å². The van der Waals surface area contributed by atoms with Crippen molar-refractivity contribution in [3.8, 4) is 16.3 Å². The van der Waals surface area contributed by atoms with Gasteiger partial charge in [-0.15, -0.1) is 11.3 Å². The Morgan fingerprint density at radius 2 is 2.33 bits per heavy atom. The summed E-state index contributed by atoms with van der Waals surface area (Å²) in [5, 5.41) is 4.65. The molecule has 0 saturated heterocycles. The standard InChI is InChI=1S/C16H19BrN2OS/c1-3-18-12-5-4-6-14-15(12)19-16(21-14)10-7-8-13(20-2)11(17)9-10/h7-9,12,18H,3-6H2,1-2H3. The number of aryl methyl sites for hydroxylation is 1. The number of ether oxygens (including phenoxy) is 1. The second-order valence-electron chi connectivity index (χ2n) is 5.18. The molecular weight excluding hydrogens is 348 g/mol. The summed E-state index contributed by atoms with van der Waals surface area (Å²) >= 11 is 5.38. The van der Waals surface area contributed by atoms with Crippen LogP contribution in [-0.2, 0) is 6.42 Å². The van der Waals surface area contributed by atoms with Crippen molar-refractivity contribution in [1.82, 2.24) is 10.3 Å². The van der Waals surface area contributed by atoms with E-state index in [1.165, 1.54) is 23.4 Å². The van der Waals surface area contributed by atoms with E-state index in [1.807, 2.05) is 17.4 Å². The molecule has 1 N–H and O–H groups in total. The van der Waals surface area contributed by atoms with Gasteiger partial charge in [0.1, 0.15) is 10.8 Å². The third kappa shape index (κ3) is 3.00. The maximum Gasteiger partial charge on any atom is 0.133 e. The third-order valence-corrected chi connectivity index (χ3v) is 5.60. The molecule has 0 aliphatic heterocycles. The zero-order chi connectivity index (χ0) is 14.8. The molecule has 3 nitrogen and oxygen atoms in total. The topological polar surface area (TPSA) is 34.1 Å².